The number of aromatic nitrogens is 2. The molecule has 0 amide bonds. The molecule has 102 valence electrons. The second kappa shape index (κ2) is 5.66. The van der Waals surface area contributed by atoms with Gasteiger partial charge in [-0.05, 0) is 13.0 Å². The van der Waals surface area contributed by atoms with E-state index >= 15 is 0 Å². The van der Waals surface area contributed by atoms with E-state index in [1.165, 1.54) is 11.3 Å². The van der Waals surface area contributed by atoms with Gasteiger partial charge in [-0.1, -0.05) is 23.1 Å². The fourth-order valence-corrected chi connectivity index (χ4v) is 3.06. The summed E-state index contributed by atoms with van der Waals surface area (Å²) in [4.78, 5) is 0.383. The highest BCUT2D eigenvalue weighted by atomic mass is 32.2. The summed E-state index contributed by atoms with van der Waals surface area (Å²) in [5.41, 5.74) is 5.75. The molecule has 9 heteroatoms. The van der Waals surface area contributed by atoms with E-state index < -0.39 is 18.2 Å². The number of hydrogen-bond donors (Lipinski definition) is 1. The molecule has 4 nitrogen and oxygen atoms in total. The van der Waals surface area contributed by atoms with E-state index in [-0.39, 0.29) is 5.69 Å². The van der Waals surface area contributed by atoms with E-state index in [9.17, 15) is 13.2 Å². The van der Waals surface area contributed by atoms with Crippen LogP contribution < -0.4 is 10.5 Å². The number of benzene rings is 1. The van der Waals surface area contributed by atoms with Gasteiger partial charge in [0, 0.05) is 16.6 Å². The van der Waals surface area contributed by atoms with Gasteiger partial charge in [0.15, 0.2) is 15.9 Å². The van der Waals surface area contributed by atoms with Crippen LogP contribution in [-0.4, -0.2) is 16.8 Å². The molecule has 0 spiro atoms. The van der Waals surface area contributed by atoms with Crippen LogP contribution in [0.2, 0.25) is 0 Å². The molecule has 0 aliphatic heterocycles. The van der Waals surface area contributed by atoms with Crippen molar-refractivity contribution in [3.05, 3.63) is 23.0 Å². The summed E-state index contributed by atoms with van der Waals surface area (Å²) < 4.78 is 42.2. The largest absolute Gasteiger partial charge is 0.432 e. The van der Waals surface area contributed by atoms with Gasteiger partial charge in [-0.25, -0.2) is 4.39 Å². The number of anilines is 1. The number of hydrogen-bond acceptors (Lipinski definition) is 6. The molecule has 2 N–H and O–H groups in total. The minimum absolute atomic E-state index is 0.122. The van der Waals surface area contributed by atoms with Gasteiger partial charge in [-0.3, -0.25) is 0 Å². The first-order valence-corrected chi connectivity index (χ1v) is 6.61. The molecule has 0 fully saturated rings. The number of nitrogen functional groups attached to an aromatic ring is 1. The Morgan fingerprint density at radius 2 is 2.11 bits per heavy atom. The molecule has 1 aromatic heterocycles. The number of nitrogens with two attached hydrogens (primary N) is 1. The normalized spacial score (nSPS) is 11.0. The number of ether oxygens (including phenoxy) is 1. The Morgan fingerprint density at radius 3 is 2.68 bits per heavy atom. The van der Waals surface area contributed by atoms with Gasteiger partial charge in [0.2, 0.25) is 0 Å². The van der Waals surface area contributed by atoms with E-state index in [0.29, 0.717) is 9.24 Å². The number of nitrogens with zero attached hydrogens (tertiary/aromatic N) is 2. The number of alkyl halides is 2. The maximum atomic E-state index is 13.4. The predicted octanol–water partition coefficient (Wildman–Crippen LogP) is 3.32. The summed E-state index contributed by atoms with van der Waals surface area (Å²) >= 11 is 2.43. The minimum Gasteiger partial charge on any atom is -0.432 e. The quantitative estimate of drug-likeness (QED) is 0.878. The van der Waals surface area contributed by atoms with Crippen LogP contribution in [-0.2, 0) is 0 Å². The van der Waals surface area contributed by atoms with Crippen molar-refractivity contribution in [1.29, 1.82) is 0 Å². The second-order valence-electron chi connectivity index (χ2n) is 3.39. The SMILES string of the molecule is Cc1nnc(Sc2cc(OC(F)F)c(F)cc2N)s1. The van der Waals surface area contributed by atoms with Crippen molar-refractivity contribution < 1.29 is 17.9 Å². The Labute approximate surface area is 114 Å². The van der Waals surface area contributed by atoms with E-state index in [2.05, 4.69) is 14.9 Å². The van der Waals surface area contributed by atoms with Crippen molar-refractivity contribution in [2.24, 2.45) is 0 Å². The summed E-state index contributed by atoms with van der Waals surface area (Å²) in [6.45, 7) is -1.32. The van der Waals surface area contributed by atoms with Crippen molar-refractivity contribution in [2.45, 2.75) is 22.8 Å². The van der Waals surface area contributed by atoms with E-state index in [4.69, 9.17) is 5.73 Å². The Morgan fingerprint density at radius 1 is 1.37 bits per heavy atom. The average molecular weight is 307 g/mol. The van der Waals surface area contributed by atoms with Gasteiger partial charge in [0.05, 0.1) is 0 Å². The summed E-state index contributed by atoms with van der Waals surface area (Å²) in [7, 11) is 0. The Kier molecular flexibility index (Phi) is 4.15. The summed E-state index contributed by atoms with van der Waals surface area (Å²) in [5.74, 6) is -1.48. The summed E-state index contributed by atoms with van der Waals surface area (Å²) in [6.07, 6.45) is 0. The zero-order valence-electron chi connectivity index (χ0n) is 9.56. The van der Waals surface area contributed by atoms with E-state index in [0.717, 1.165) is 28.9 Å². The lowest BCUT2D eigenvalue weighted by atomic mass is 10.3. The maximum absolute atomic E-state index is 13.4. The molecule has 0 unspecified atom stereocenters. The Bertz CT molecular complexity index is 591. The fourth-order valence-electron chi connectivity index (χ4n) is 1.24. The summed E-state index contributed by atoms with van der Waals surface area (Å²) in [6, 6.07) is 2.06. The number of halogens is 3. The first kappa shape index (κ1) is 13.9. The molecule has 0 radical (unpaired) electrons. The van der Waals surface area contributed by atoms with Crippen LogP contribution >= 0.6 is 23.1 Å². The van der Waals surface area contributed by atoms with Gasteiger partial charge in [0.1, 0.15) is 5.01 Å². The topological polar surface area (TPSA) is 61.0 Å². The van der Waals surface area contributed by atoms with Crippen LogP contribution in [0.25, 0.3) is 0 Å². The molecule has 0 saturated carbocycles. The van der Waals surface area contributed by atoms with Crippen LogP contribution in [0.15, 0.2) is 21.4 Å². The van der Waals surface area contributed by atoms with E-state index in [1.807, 2.05) is 0 Å². The lowest BCUT2D eigenvalue weighted by molar-refractivity contribution is -0.0523. The van der Waals surface area contributed by atoms with Gasteiger partial charge in [0.25, 0.3) is 0 Å². The molecule has 1 aromatic carbocycles. The first-order valence-electron chi connectivity index (χ1n) is 4.97. The van der Waals surface area contributed by atoms with Crippen molar-refractivity contribution in [2.75, 3.05) is 5.73 Å². The molecule has 1 heterocycles. The highest BCUT2D eigenvalue weighted by molar-refractivity contribution is 8.01. The van der Waals surface area contributed by atoms with Gasteiger partial charge < -0.3 is 10.5 Å². The molecule has 2 rings (SSSR count). The number of rotatable bonds is 4. The third-order valence-electron chi connectivity index (χ3n) is 1.99. The fraction of sp³-hybridized carbons (Fsp3) is 0.200. The highest BCUT2D eigenvalue weighted by Crippen LogP contribution is 2.37. The number of aryl methyl sites for hydroxylation is 1. The van der Waals surface area contributed by atoms with Crippen molar-refractivity contribution in [3.63, 3.8) is 0 Å². The lowest BCUT2D eigenvalue weighted by Crippen LogP contribution is -2.04. The van der Waals surface area contributed by atoms with Gasteiger partial charge >= 0.3 is 6.61 Å². The van der Waals surface area contributed by atoms with E-state index in [1.54, 1.807) is 6.92 Å². The van der Waals surface area contributed by atoms with Crippen LogP contribution in [0.5, 0.6) is 5.75 Å². The summed E-state index contributed by atoms with van der Waals surface area (Å²) in [5, 5.41) is 8.43. The minimum atomic E-state index is -3.10. The van der Waals surface area contributed by atoms with Crippen molar-refractivity contribution in [3.8, 4) is 5.75 Å². The smallest absolute Gasteiger partial charge is 0.387 e. The zero-order chi connectivity index (χ0) is 14.0. The standard InChI is InChI=1S/C10H8F3N3OS2/c1-4-15-16-10(18-4)19-8-3-7(17-9(12)13)5(11)2-6(8)14/h2-3,9H,14H2,1H3. The Hall–Kier alpha value is -1.48. The van der Waals surface area contributed by atoms with Gasteiger partial charge in [-0.15, -0.1) is 10.2 Å². The molecule has 19 heavy (non-hydrogen) atoms. The molecule has 0 aliphatic rings. The molecular weight excluding hydrogens is 299 g/mol. The zero-order valence-corrected chi connectivity index (χ0v) is 11.2. The molecule has 0 saturated heterocycles. The van der Waals surface area contributed by atoms with Crippen LogP contribution in [0.1, 0.15) is 5.01 Å². The maximum Gasteiger partial charge on any atom is 0.387 e. The third kappa shape index (κ3) is 3.51. The molecule has 0 bridgehead atoms. The van der Waals surface area contributed by atoms with Crippen LogP contribution in [0, 0.1) is 12.7 Å². The highest BCUT2D eigenvalue weighted by Gasteiger charge is 2.15. The molecule has 2 aromatic rings. The Balaban J connectivity index is 2.29. The monoisotopic (exact) mass is 307 g/mol. The lowest BCUT2D eigenvalue weighted by Gasteiger charge is -2.09. The third-order valence-corrected chi connectivity index (χ3v) is 3.95. The first-order chi connectivity index (χ1) is 8.95. The van der Waals surface area contributed by atoms with Crippen LogP contribution in [0.3, 0.4) is 0 Å². The second-order valence-corrected chi connectivity index (χ2v) is 5.86. The predicted molar refractivity (Wildman–Crippen MR) is 66.2 cm³/mol. The average Bonchev–Trinajstić information content (AvgIpc) is 2.70. The molecule has 0 atom stereocenters. The van der Waals surface area contributed by atoms with Crippen LogP contribution in [0.4, 0.5) is 18.9 Å². The molecular formula is C10H8F3N3OS2. The van der Waals surface area contributed by atoms with Crippen molar-refractivity contribution in [1.82, 2.24) is 10.2 Å². The van der Waals surface area contributed by atoms with Gasteiger partial charge in [-0.2, -0.15) is 8.78 Å². The van der Waals surface area contributed by atoms with Crippen molar-refractivity contribution >= 4 is 28.8 Å². The molecule has 0 aliphatic carbocycles.